The van der Waals surface area contributed by atoms with E-state index in [-0.39, 0.29) is 12.0 Å². The van der Waals surface area contributed by atoms with Crippen molar-refractivity contribution in [3.63, 3.8) is 0 Å². The highest BCUT2D eigenvalue weighted by Crippen LogP contribution is 2.11. The fourth-order valence-corrected chi connectivity index (χ4v) is 2.90. The minimum absolute atomic E-state index is 0.292. The molecule has 0 saturated carbocycles. The maximum absolute atomic E-state index is 12.8. The molecule has 2 aromatic rings. The van der Waals surface area contributed by atoms with Crippen molar-refractivity contribution in [2.75, 3.05) is 13.7 Å². The lowest BCUT2D eigenvalue weighted by molar-refractivity contribution is -0.127. The number of hydrogen-bond acceptors (Lipinski definition) is 5. The molecule has 0 aromatic heterocycles. The van der Waals surface area contributed by atoms with Crippen LogP contribution in [0.15, 0.2) is 54.6 Å². The van der Waals surface area contributed by atoms with Gasteiger partial charge >= 0.3 is 6.09 Å². The molecule has 0 saturated heterocycles. The Kier molecular flexibility index (Phi) is 9.84. The van der Waals surface area contributed by atoms with Gasteiger partial charge in [-0.1, -0.05) is 42.5 Å². The number of carbonyl (C=O) groups is 2. The molecule has 0 bridgehead atoms. The van der Waals surface area contributed by atoms with Gasteiger partial charge in [0.25, 0.3) is 0 Å². The second-order valence-corrected chi connectivity index (χ2v) is 7.47. The van der Waals surface area contributed by atoms with Gasteiger partial charge in [-0.25, -0.2) is 4.79 Å². The standard InChI is InChI=1S/C24H32N2O5/c1-17(2)31-24(28)26-22(18(3)30-16-20-8-6-5-7-9-20)23(27)25-15-14-19-10-12-21(29-4)13-11-19/h5-13,17-18,22H,14-16H2,1-4H3,(H,25,27)(H,26,28)/t18-,22+/m1/s1. The van der Waals surface area contributed by atoms with E-state index in [4.69, 9.17) is 14.2 Å². The van der Waals surface area contributed by atoms with Crippen molar-refractivity contribution in [2.45, 2.75) is 52.0 Å². The van der Waals surface area contributed by atoms with Gasteiger partial charge in [0.15, 0.2) is 0 Å². The van der Waals surface area contributed by atoms with E-state index in [9.17, 15) is 9.59 Å². The number of methoxy groups -OCH3 is 1. The number of nitrogens with one attached hydrogen (secondary N) is 2. The summed E-state index contributed by atoms with van der Waals surface area (Å²) in [7, 11) is 1.62. The maximum Gasteiger partial charge on any atom is 0.408 e. The smallest absolute Gasteiger partial charge is 0.408 e. The Balaban J connectivity index is 1.94. The molecule has 0 unspecified atom stereocenters. The van der Waals surface area contributed by atoms with E-state index in [2.05, 4.69) is 10.6 Å². The number of hydrogen-bond donors (Lipinski definition) is 2. The topological polar surface area (TPSA) is 85.9 Å². The predicted molar refractivity (Wildman–Crippen MR) is 119 cm³/mol. The van der Waals surface area contributed by atoms with Crippen LogP contribution < -0.4 is 15.4 Å². The first-order valence-corrected chi connectivity index (χ1v) is 10.4. The Hall–Kier alpha value is -3.06. The molecule has 0 aliphatic heterocycles. The van der Waals surface area contributed by atoms with Crippen LogP contribution in [0.25, 0.3) is 0 Å². The van der Waals surface area contributed by atoms with Gasteiger partial charge in [0, 0.05) is 6.54 Å². The molecule has 2 aromatic carbocycles. The summed E-state index contributed by atoms with van der Waals surface area (Å²) in [6.45, 7) is 6.01. The normalized spacial score (nSPS) is 12.7. The van der Waals surface area contributed by atoms with E-state index in [0.29, 0.717) is 19.6 Å². The average molecular weight is 429 g/mol. The van der Waals surface area contributed by atoms with E-state index in [1.165, 1.54) is 0 Å². The van der Waals surface area contributed by atoms with Crippen LogP contribution >= 0.6 is 0 Å². The van der Waals surface area contributed by atoms with Gasteiger partial charge in [0.2, 0.25) is 5.91 Å². The van der Waals surface area contributed by atoms with Crippen molar-refractivity contribution >= 4 is 12.0 Å². The lowest BCUT2D eigenvalue weighted by Gasteiger charge is -2.25. The van der Waals surface area contributed by atoms with Crippen molar-refractivity contribution in [1.29, 1.82) is 0 Å². The number of alkyl carbamates (subject to hydrolysis) is 1. The summed E-state index contributed by atoms with van der Waals surface area (Å²) in [4.78, 5) is 24.9. The Morgan fingerprint density at radius 1 is 0.935 bits per heavy atom. The highest BCUT2D eigenvalue weighted by molar-refractivity contribution is 5.86. The fraction of sp³-hybridized carbons (Fsp3) is 0.417. The van der Waals surface area contributed by atoms with E-state index < -0.39 is 18.2 Å². The lowest BCUT2D eigenvalue weighted by Crippen LogP contribution is -2.53. The third kappa shape index (κ3) is 8.68. The summed E-state index contributed by atoms with van der Waals surface area (Å²) in [6, 6.07) is 16.4. The van der Waals surface area contributed by atoms with Gasteiger partial charge in [-0.3, -0.25) is 4.79 Å². The summed E-state index contributed by atoms with van der Waals surface area (Å²) >= 11 is 0. The molecule has 2 amide bonds. The Morgan fingerprint density at radius 3 is 2.23 bits per heavy atom. The molecule has 7 heteroatoms. The first-order chi connectivity index (χ1) is 14.9. The molecule has 0 heterocycles. The van der Waals surface area contributed by atoms with Crippen LogP contribution in [0.2, 0.25) is 0 Å². The molecule has 0 aliphatic rings. The molecule has 0 fully saturated rings. The number of amides is 2. The Labute approximate surface area is 184 Å². The van der Waals surface area contributed by atoms with Gasteiger partial charge in [0.05, 0.1) is 25.9 Å². The van der Waals surface area contributed by atoms with Crippen LogP contribution in [-0.4, -0.2) is 43.9 Å². The molecular weight excluding hydrogens is 396 g/mol. The molecule has 0 spiro atoms. The van der Waals surface area contributed by atoms with E-state index in [1.54, 1.807) is 27.9 Å². The highest BCUT2D eigenvalue weighted by Gasteiger charge is 2.28. The predicted octanol–water partition coefficient (Wildman–Crippen LogP) is 3.46. The zero-order valence-electron chi connectivity index (χ0n) is 18.6. The minimum atomic E-state index is -0.883. The van der Waals surface area contributed by atoms with Crippen LogP contribution in [0.4, 0.5) is 4.79 Å². The molecule has 0 radical (unpaired) electrons. The molecule has 7 nitrogen and oxygen atoms in total. The molecule has 2 rings (SSSR count). The van der Waals surface area contributed by atoms with Crippen molar-refractivity contribution in [3.05, 3.63) is 65.7 Å². The summed E-state index contributed by atoms with van der Waals surface area (Å²) in [5.41, 5.74) is 2.05. The SMILES string of the molecule is COc1ccc(CCNC(=O)[C@@H](NC(=O)OC(C)C)[C@@H](C)OCc2ccccc2)cc1. The lowest BCUT2D eigenvalue weighted by atomic mass is 10.1. The molecule has 2 atom stereocenters. The van der Waals surface area contributed by atoms with Crippen LogP contribution in [0.1, 0.15) is 31.9 Å². The Morgan fingerprint density at radius 2 is 1.61 bits per heavy atom. The summed E-state index contributed by atoms with van der Waals surface area (Å²) in [5.74, 6) is 0.458. The molecule has 168 valence electrons. The second kappa shape index (κ2) is 12.6. The van der Waals surface area contributed by atoms with Crippen LogP contribution in [-0.2, 0) is 27.3 Å². The molecular formula is C24H32N2O5. The molecule has 31 heavy (non-hydrogen) atoms. The number of rotatable bonds is 11. The fourth-order valence-electron chi connectivity index (χ4n) is 2.90. The third-order valence-corrected chi connectivity index (χ3v) is 4.60. The van der Waals surface area contributed by atoms with Gasteiger partial charge in [-0.2, -0.15) is 0 Å². The average Bonchev–Trinajstić information content (AvgIpc) is 2.76. The Bertz CT molecular complexity index is 808. The first kappa shape index (κ1) is 24.2. The van der Waals surface area contributed by atoms with Gasteiger partial charge < -0.3 is 24.8 Å². The van der Waals surface area contributed by atoms with Crippen LogP contribution in [0.3, 0.4) is 0 Å². The van der Waals surface area contributed by atoms with Crippen LogP contribution in [0, 0.1) is 0 Å². The summed E-state index contributed by atoms with van der Waals surface area (Å²) in [5, 5.41) is 5.51. The van der Waals surface area contributed by atoms with Crippen molar-refractivity contribution in [1.82, 2.24) is 10.6 Å². The van der Waals surface area contributed by atoms with E-state index >= 15 is 0 Å². The number of ether oxygens (including phenoxy) is 3. The molecule has 2 N–H and O–H groups in total. The largest absolute Gasteiger partial charge is 0.497 e. The van der Waals surface area contributed by atoms with Crippen molar-refractivity contribution in [2.24, 2.45) is 0 Å². The highest BCUT2D eigenvalue weighted by atomic mass is 16.6. The quantitative estimate of drug-likeness (QED) is 0.572. The van der Waals surface area contributed by atoms with Gasteiger partial charge in [-0.05, 0) is 50.5 Å². The first-order valence-electron chi connectivity index (χ1n) is 10.4. The zero-order chi connectivity index (χ0) is 22.6. The van der Waals surface area contributed by atoms with Crippen molar-refractivity contribution < 1.29 is 23.8 Å². The summed E-state index contributed by atoms with van der Waals surface area (Å²) in [6.07, 6.45) is -0.848. The third-order valence-electron chi connectivity index (χ3n) is 4.60. The minimum Gasteiger partial charge on any atom is -0.497 e. The van der Waals surface area contributed by atoms with Gasteiger partial charge in [-0.15, -0.1) is 0 Å². The second-order valence-electron chi connectivity index (χ2n) is 7.47. The van der Waals surface area contributed by atoms with Gasteiger partial charge in [0.1, 0.15) is 11.8 Å². The number of carbonyl (C=O) groups excluding carboxylic acids is 2. The maximum atomic E-state index is 12.8. The van der Waals surface area contributed by atoms with E-state index in [1.807, 2.05) is 54.6 Å². The van der Waals surface area contributed by atoms with Crippen LogP contribution in [0.5, 0.6) is 5.75 Å². The number of benzene rings is 2. The zero-order valence-corrected chi connectivity index (χ0v) is 18.6. The summed E-state index contributed by atoms with van der Waals surface area (Å²) < 4.78 is 16.2. The van der Waals surface area contributed by atoms with Crippen molar-refractivity contribution in [3.8, 4) is 5.75 Å². The van der Waals surface area contributed by atoms with E-state index in [0.717, 1.165) is 16.9 Å². The monoisotopic (exact) mass is 428 g/mol. The molecule has 0 aliphatic carbocycles.